The summed E-state index contributed by atoms with van der Waals surface area (Å²) in [6, 6.07) is 16.0. The summed E-state index contributed by atoms with van der Waals surface area (Å²) in [6.07, 6.45) is 2.05. The topological polar surface area (TPSA) is 46.3 Å². The molecule has 3 rings (SSSR count). The number of para-hydroxylation sites is 1. The lowest BCUT2D eigenvalue weighted by molar-refractivity contribution is -0.115. The number of nitrogen functional groups attached to an aromatic ring is 1. The molecule has 22 heavy (non-hydrogen) atoms. The molecule has 0 radical (unpaired) electrons. The molecule has 4 heteroatoms. The third kappa shape index (κ3) is 2.83. The van der Waals surface area contributed by atoms with E-state index in [1.165, 1.54) is 5.56 Å². The van der Waals surface area contributed by atoms with E-state index in [0.29, 0.717) is 5.75 Å². The molecule has 1 heterocycles. The first-order valence-corrected chi connectivity index (χ1v) is 8.62. The maximum absolute atomic E-state index is 12.5. The Morgan fingerprint density at radius 3 is 2.64 bits per heavy atom. The Morgan fingerprint density at radius 1 is 1.18 bits per heavy atom. The fourth-order valence-electron chi connectivity index (χ4n) is 2.82. The Bertz CT molecular complexity index is 669. The van der Waals surface area contributed by atoms with Crippen molar-refractivity contribution in [3.05, 3.63) is 59.7 Å². The van der Waals surface area contributed by atoms with Gasteiger partial charge >= 0.3 is 0 Å². The fourth-order valence-corrected chi connectivity index (χ4v) is 3.99. The lowest BCUT2D eigenvalue weighted by Gasteiger charge is -2.26. The summed E-state index contributed by atoms with van der Waals surface area (Å²) in [5.74, 6) is 0.700. The van der Waals surface area contributed by atoms with Gasteiger partial charge in [-0.3, -0.25) is 9.69 Å². The minimum Gasteiger partial charge on any atom is -0.399 e. The molecule has 3 nitrogen and oxygen atoms in total. The van der Waals surface area contributed by atoms with Crippen LogP contribution >= 0.6 is 11.8 Å². The molecule has 2 aromatic rings. The number of thioether (sulfide) groups is 1. The van der Waals surface area contributed by atoms with E-state index in [4.69, 9.17) is 5.73 Å². The molecular weight excluding hydrogens is 292 g/mol. The van der Waals surface area contributed by atoms with Crippen LogP contribution in [-0.4, -0.2) is 11.7 Å². The van der Waals surface area contributed by atoms with E-state index in [1.807, 2.05) is 41.3 Å². The second-order valence-electron chi connectivity index (χ2n) is 5.47. The Morgan fingerprint density at radius 2 is 1.91 bits per heavy atom. The number of hydrogen-bond donors (Lipinski definition) is 1. The average Bonchev–Trinajstić information content (AvgIpc) is 2.91. The van der Waals surface area contributed by atoms with Crippen LogP contribution in [0.3, 0.4) is 0 Å². The van der Waals surface area contributed by atoms with Crippen LogP contribution in [0.2, 0.25) is 0 Å². The van der Waals surface area contributed by atoms with E-state index in [2.05, 4.69) is 19.1 Å². The van der Waals surface area contributed by atoms with Crippen LogP contribution in [0, 0.1) is 0 Å². The number of amides is 1. The normalized spacial score (nSPS) is 18.0. The van der Waals surface area contributed by atoms with Gasteiger partial charge in [0, 0.05) is 11.4 Å². The maximum Gasteiger partial charge on any atom is 0.238 e. The van der Waals surface area contributed by atoms with Gasteiger partial charge in [0.2, 0.25) is 5.91 Å². The molecule has 0 aliphatic carbocycles. The summed E-state index contributed by atoms with van der Waals surface area (Å²) in [7, 11) is 0. The van der Waals surface area contributed by atoms with Crippen LogP contribution in [-0.2, 0) is 11.2 Å². The number of anilines is 2. The highest BCUT2D eigenvalue weighted by Crippen LogP contribution is 2.43. The summed E-state index contributed by atoms with van der Waals surface area (Å²) in [5, 5.41) is 0.0334. The highest BCUT2D eigenvalue weighted by atomic mass is 32.2. The van der Waals surface area contributed by atoms with Crippen molar-refractivity contribution in [2.24, 2.45) is 0 Å². The van der Waals surface area contributed by atoms with Crippen molar-refractivity contribution in [2.75, 3.05) is 16.4 Å². The SMILES string of the molecule is CCCc1ccccc1N1C(=O)CS[C@@H]1c1ccc(N)cc1. The summed E-state index contributed by atoms with van der Waals surface area (Å²) >= 11 is 1.67. The van der Waals surface area contributed by atoms with Gasteiger partial charge in [0.1, 0.15) is 5.37 Å². The van der Waals surface area contributed by atoms with Crippen LogP contribution < -0.4 is 10.6 Å². The van der Waals surface area contributed by atoms with Gasteiger partial charge in [-0.15, -0.1) is 11.8 Å². The fraction of sp³-hybridized carbons (Fsp3) is 0.278. The Balaban J connectivity index is 1.99. The summed E-state index contributed by atoms with van der Waals surface area (Å²) < 4.78 is 0. The number of hydrogen-bond acceptors (Lipinski definition) is 3. The van der Waals surface area contributed by atoms with E-state index in [-0.39, 0.29) is 11.3 Å². The van der Waals surface area contributed by atoms with Gasteiger partial charge in [-0.05, 0) is 35.7 Å². The molecule has 1 fully saturated rings. The predicted octanol–water partition coefficient (Wildman–Crippen LogP) is 4.00. The van der Waals surface area contributed by atoms with E-state index >= 15 is 0 Å². The van der Waals surface area contributed by atoms with E-state index in [0.717, 1.165) is 29.8 Å². The quantitative estimate of drug-likeness (QED) is 0.868. The summed E-state index contributed by atoms with van der Waals surface area (Å²) in [4.78, 5) is 14.4. The van der Waals surface area contributed by atoms with Crippen molar-refractivity contribution < 1.29 is 4.79 Å². The lowest BCUT2D eigenvalue weighted by Crippen LogP contribution is -2.28. The van der Waals surface area contributed by atoms with Crippen molar-refractivity contribution in [2.45, 2.75) is 25.1 Å². The average molecular weight is 312 g/mol. The zero-order chi connectivity index (χ0) is 15.5. The molecule has 0 spiro atoms. The molecule has 1 aliphatic rings. The van der Waals surface area contributed by atoms with Gasteiger partial charge in [0.05, 0.1) is 5.75 Å². The Labute approximate surface area is 135 Å². The first kappa shape index (κ1) is 15.0. The maximum atomic E-state index is 12.5. The molecule has 0 bridgehead atoms. The van der Waals surface area contributed by atoms with Crippen molar-refractivity contribution in [3.8, 4) is 0 Å². The monoisotopic (exact) mass is 312 g/mol. The number of benzene rings is 2. The van der Waals surface area contributed by atoms with Crippen molar-refractivity contribution in [1.29, 1.82) is 0 Å². The van der Waals surface area contributed by atoms with Crippen LogP contribution in [0.5, 0.6) is 0 Å². The Kier molecular flexibility index (Phi) is 4.39. The van der Waals surface area contributed by atoms with E-state index in [9.17, 15) is 4.79 Å². The zero-order valence-electron chi connectivity index (χ0n) is 12.7. The third-order valence-electron chi connectivity index (χ3n) is 3.86. The van der Waals surface area contributed by atoms with Gasteiger partial charge in [0.15, 0.2) is 0 Å². The highest BCUT2D eigenvalue weighted by Gasteiger charge is 2.34. The van der Waals surface area contributed by atoms with Crippen LogP contribution in [0.15, 0.2) is 48.5 Å². The number of carbonyl (C=O) groups is 1. The number of rotatable bonds is 4. The van der Waals surface area contributed by atoms with E-state index < -0.39 is 0 Å². The molecule has 1 amide bonds. The first-order chi connectivity index (χ1) is 10.7. The van der Waals surface area contributed by atoms with Gasteiger partial charge in [-0.1, -0.05) is 43.7 Å². The van der Waals surface area contributed by atoms with Gasteiger partial charge in [-0.25, -0.2) is 0 Å². The number of aryl methyl sites for hydroxylation is 1. The molecule has 0 unspecified atom stereocenters. The molecule has 1 aliphatic heterocycles. The second-order valence-corrected chi connectivity index (χ2v) is 6.54. The molecule has 0 saturated carbocycles. The first-order valence-electron chi connectivity index (χ1n) is 7.57. The summed E-state index contributed by atoms with van der Waals surface area (Å²) in [5.41, 5.74) is 9.92. The minimum atomic E-state index is 0.0334. The second kappa shape index (κ2) is 6.44. The van der Waals surface area contributed by atoms with Crippen LogP contribution in [0.25, 0.3) is 0 Å². The number of carbonyl (C=O) groups excluding carboxylic acids is 1. The van der Waals surface area contributed by atoms with Crippen molar-refractivity contribution in [1.82, 2.24) is 0 Å². The van der Waals surface area contributed by atoms with Crippen LogP contribution in [0.4, 0.5) is 11.4 Å². The lowest BCUT2D eigenvalue weighted by atomic mass is 10.1. The van der Waals surface area contributed by atoms with Crippen molar-refractivity contribution >= 4 is 29.0 Å². The highest BCUT2D eigenvalue weighted by molar-refractivity contribution is 8.00. The van der Waals surface area contributed by atoms with Crippen molar-refractivity contribution in [3.63, 3.8) is 0 Å². The molecule has 2 aromatic carbocycles. The van der Waals surface area contributed by atoms with E-state index in [1.54, 1.807) is 11.8 Å². The molecule has 1 atom stereocenters. The molecule has 1 saturated heterocycles. The Hall–Kier alpha value is -1.94. The molecule has 114 valence electrons. The third-order valence-corrected chi connectivity index (χ3v) is 5.07. The number of nitrogens with two attached hydrogens (primary N) is 1. The molecule has 2 N–H and O–H groups in total. The van der Waals surface area contributed by atoms with Gasteiger partial charge in [-0.2, -0.15) is 0 Å². The van der Waals surface area contributed by atoms with Gasteiger partial charge in [0.25, 0.3) is 0 Å². The predicted molar refractivity (Wildman–Crippen MR) is 94.0 cm³/mol. The molecular formula is C18H20N2OS. The van der Waals surface area contributed by atoms with Gasteiger partial charge < -0.3 is 5.73 Å². The largest absolute Gasteiger partial charge is 0.399 e. The molecule has 0 aromatic heterocycles. The zero-order valence-corrected chi connectivity index (χ0v) is 13.5. The number of nitrogens with zero attached hydrogens (tertiary/aromatic N) is 1. The summed E-state index contributed by atoms with van der Waals surface area (Å²) in [6.45, 7) is 2.16. The van der Waals surface area contributed by atoms with Crippen LogP contribution in [0.1, 0.15) is 29.8 Å². The smallest absolute Gasteiger partial charge is 0.238 e. The standard InChI is InChI=1S/C18H20N2OS/c1-2-5-13-6-3-4-7-16(13)20-17(21)12-22-18(20)14-8-10-15(19)11-9-14/h3-4,6-11,18H,2,5,12,19H2,1H3/t18-/m1/s1. The minimum absolute atomic E-state index is 0.0334.